The number of sulfonamides is 1. The maximum Gasteiger partial charge on any atom is 0.264 e. The van der Waals surface area contributed by atoms with Crippen LogP contribution in [0.5, 0.6) is 11.5 Å². The van der Waals surface area contributed by atoms with E-state index < -0.39 is 22.5 Å². The number of amides is 2. The molecule has 0 radical (unpaired) electrons. The fourth-order valence-corrected chi connectivity index (χ4v) is 5.92. The summed E-state index contributed by atoms with van der Waals surface area (Å²) in [6.45, 7) is 5.75. The molecule has 4 aromatic rings. The zero-order valence-corrected chi connectivity index (χ0v) is 26.6. The molecule has 0 saturated heterocycles. The van der Waals surface area contributed by atoms with Crippen molar-refractivity contribution in [2.24, 2.45) is 0 Å². The predicted octanol–water partition coefficient (Wildman–Crippen LogP) is 6.74. The highest BCUT2D eigenvalue weighted by Crippen LogP contribution is 2.32. The van der Waals surface area contributed by atoms with Gasteiger partial charge in [-0.15, -0.1) is 0 Å². The number of ether oxygens (including phenoxy) is 2. The van der Waals surface area contributed by atoms with Gasteiger partial charge in [0.2, 0.25) is 5.91 Å². The normalized spacial score (nSPS) is 11.4. The lowest BCUT2D eigenvalue weighted by Gasteiger charge is -2.24. The third-order valence-corrected chi connectivity index (χ3v) is 8.78. The highest BCUT2D eigenvalue weighted by molar-refractivity contribution is 7.92. The van der Waals surface area contributed by atoms with E-state index in [-0.39, 0.29) is 27.7 Å². The number of anilines is 3. The molecule has 4 aromatic carbocycles. The molecule has 4 rings (SSSR count). The maximum absolute atomic E-state index is 13.8. The Labute approximate surface area is 262 Å². The van der Waals surface area contributed by atoms with Gasteiger partial charge in [0, 0.05) is 28.0 Å². The molecule has 2 N–H and O–H groups in total. The van der Waals surface area contributed by atoms with Crippen LogP contribution in [0.4, 0.5) is 17.1 Å². The number of methoxy groups -OCH3 is 2. The Morgan fingerprint density at radius 1 is 0.795 bits per heavy atom. The topological polar surface area (TPSA) is 114 Å². The molecule has 0 aromatic heterocycles. The van der Waals surface area contributed by atoms with Gasteiger partial charge in [-0.25, -0.2) is 8.42 Å². The van der Waals surface area contributed by atoms with Crippen LogP contribution in [0.3, 0.4) is 0 Å². The Morgan fingerprint density at radius 3 is 2.00 bits per heavy atom. The first-order valence-electron chi connectivity index (χ1n) is 13.6. The van der Waals surface area contributed by atoms with Crippen LogP contribution in [-0.4, -0.2) is 41.0 Å². The molecule has 0 fully saturated rings. The third kappa shape index (κ3) is 7.69. The monoisotopic (exact) mass is 635 g/mol. The van der Waals surface area contributed by atoms with Crippen LogP contribution in [0.25, 0.3) is 0 Å². The molecule has 11 heteroatoms. The van der Waals surface area contributed by atoms with Crippen molar-refractivity contribution in [1.29, 1.82) is 0 Å². The van der Waals surface area contributed by atoms with Crippen molar-refractivity contribution in [1.82, 2.24) is 0 Å². The van der Waals surface area contributed by atoms with E-state index in [1.54, 1.807) is 36.4 Å². The molecular formula is C33H34ClN3O6S. The van der Waals surface area contributed by atoms with Crippen LogP contribution < -0.4 is 24.4 Å². The standard InChI is InChI=1S/C33H34ClN3O6S/c1-33(2,3)23-11-9-22(10-12-23)32(39)36-26-8-6-7-25(19-26)35-31(38)21-37(27-15-13-24(34)14-16-27)44(40,41)28-17-18-29(42-4)30(20-28)43-5/h6-20H,21H2,1-5H3,(H,35,38)(H,36,39). The number of hydrogen-bond donors (Lipinski definition) is 2. The van der Waals surface area contributed by atoms with Crippen LogP contribution in [0.2, 0.25) is 5.02 Å². The predicted molar refractivity (Wildman–Crippen MR) is 174 cm³/mol. The van der Waals surface area contributed by atoms with Crippen molar-refractivity contribution in [3.63, 3.8) is 0 Å². The molecule has 0 aliphatic carbocycles. The maximum atomic E-state index is 13.8. The number of halogens is 1. The van der Waals surface area contributed by atoms with Crippen molar-refractivity contribution in [3.05, 3.63) is 107 Å². The lowest BCUT2D eigenvalue weighted by atomic mass is 9.87. The summed E-state index contributed by atoms with van der Waals surface area (Å²) >= 11 is 6.04. The molecule has 44 heavy (non-hydrogen) atoms. The minimum absolute atomic E-state index is 0.0362. The Hall–Kier alpha value is -4.54. The lowest BCUT2D eigenvalue weighted by Crippen LogP contribution is -2.38. The second kappa shape index (κ2) is 13.4. The second-order valence-electron chi connectivity index (χ2n) is 10.9. The summed E-state index contributed by atoms with van der Waals surface area (Å²) in [5.74, 6) is -0.330. The molecule has 0 atom stereocenters. The van der Waals surface area contributed by atoms with Gasteiger partial charge in [-0.1, -0.05) is 50.6 Å². The van der Waals surface area contributed by atoms with Gasteiger partial charge in [-0.2, -0.15) is 0 Å². The lowest BCUT2D eigenvalue weighted by molar-refractivity contribution is -0.114. The zero-order chi connectivity index (χ0) is 32.1. The first-order valence-corrected chi connectivity index (χ1v) is 15.5. The van der Waals surface area contributed by atoms with Crippen LogP contribution >= 0.6 is 11.6 Å². The van der Waals surface area contributed by atoms with Crippen molar-refractivity contribution in [3.8, 4) is 11.5 Å². The zero-order valence-electron chi connectivity index (χ0n) is 25.1. The minimum Gasteiger partial charge on any atom is -0.493 e. The average molecular weight is 636 g/mol. The Kier molecular flexibility index (Phi) is 9.86. The summed E-state index contributed by atoms with van der Waals surface area (Å²) in [6.07, 6.45) is 0. The van der Waals surface area contributed by atoms with Gasteiger partial charge in [0.05, 0.1) is 24.8 Å². The van der Waals surface area contributed by atoms with Crippen LogP contribution in [0.15, 0.2) is 95.9 Å². The van der Waals surface area contributed by atoms with E-state index in [9.17, 15) is 18.0 Å². The largest absolute Gasteiger partial charge is 0.493 e. The summed E-state index contributed by atoms with van der Waals surface area (Å²) in [4.78, 5) is 26.0. The van der Waals surface area contributed by atoms with Gasteiger partial charge in [-0.05, 0) is 77.7 Å². The van der Waals surface area contributed by atoms with Crippen LogP contribution in [0, 0.1) is 0 Å². The van der Waals surface area contributed by atoms with E-state index in [2.05, 4.69) is 31.4 Å². The molecule has 230 valence electrons. The molecule has 2 amide bonds. The van der Waals surface area contributed by atoms with Gasteiger partial charge in [0.1, 0.15) is 6.54 Å². The number of nitrogens with zero attached hydrogens (tertiary/aromatic N) is 1. The van der Waals surface area contributed by atoms with Gasteiger partial charge >= 0.3 is 0 Å². The molecule has 0 unspecified atom stereocenters. The number of nitrogens with one attached hydrogen (secondary N) is 2. The van der Waals surface area contributed by atoms with Gasteiger partial charge < -0.3 is 20.1 Å². The smallest absolute Gasteiger partial charge is 0.264 e. The Morgan fingerprint density at radius 2 is 1.41 bits per heavy atom. The average Bonchev–Trinajstić information content (AvgIpc) is 2.99. The van der Waals surface area contributed by atoms with Crippen molar-refractivity contribution in [2.45, 2.75) is 31.1 Å². The summed E-state index contributed by atoms with van der Waals surface area (Å²) < 4.78 is 39.2. The first-order chi connectivity index (χ1) is 20.8. The number of rotatable bonds is 10. The molecule has 0 saturated carbocycles. The molecule has 0 aliphatic heterocycles. The van der Waals surface area contributed by atoms with Crippen molar-refractivity contribution in [2.75, 3.05) is 35.7 Å². The summed E-state index contributed by atoms with van der Waals surface area (Å²) in [5.41, 5.74) is 2.63. The van der Waals surface area contributed by atoms with Gasteiger partial charge in [0.25, 0.3) is 15.9 Å². The highest BCUT2D eigenvalue weighted by Gasteiger charge is 2.28. The van der Waals surface area contributed by atoms with E-state index in [1.807, 2.05) is 12.1 Å². The van der Waals surface area contributed by atoms with E-state index in [0.29, 0.717) is 27.7 Å². The molecule has 0 bridgehead atoms. The minimum atomic E-state index is -4.24. The first kappa shape index (κ1) is 32.4. The van der Waals surface area contributed by atoms with E-state index >= 15 is 0 Å². The SMILES string of the molecule is COc1ccc(S(=O)(=O)N(CC(=O)Nc2cccc(NC(=O)c3ccc(C(C)(C)C)cc3)c2)c2ccc(Cl)cc2)cc1OC. The van der Waals surface area contributed by atoms with E-state index in [1.165, 1.54) is 56.7 Å². The fraction of sp³-hybridized carbons (Fsp3) is 0.212. The van der Waals surface area contributed by atoms with Crippen LogP contribution in [-0.2, 0) is 20.2 Å². The highest BCUT2D eigenvalue weighted by atomic mass is 35.5. The van der Waals surface area contributed by atoms with Crippen molar-refractivity contribution < 1.29 is 27.5 Å². The third-order valence-electron chi connectivity index (χ3n) is 6.76. The molecule has 0 spiro atoms. The molecule has 0 aliphatic rings. The Balaban J connectivity index is 1.54. The molecular weight excluding hydrogens is 602 g/mol. The van der Waals surface area contributed by atoms with E-state index in [4.69, 9.17) is 21.1 Å². The van der Waals surface area contributed by atoms with Crippen LogP contribution in [0.1, 0.15) is 36.7 Å². The van der Waals surface area contributed by atoms with Gasteiger partial charge in [-0.3, -0.25) is 13.9 Å². The fourth-order valence-electron chi connectivity index (χ4n) is 4.36. The molecule has 0 heterocycles. The van der Waals surface area contributed by atoms with Crippen molar-refractivity contribution >= 4 is 50.5 Å². The summed E-state index contributed by atoms with van der Waals surface area (Å²) in [6, 6.07) is 24.3. The van der Waals surface area contributed by atoms with E-state index in [0.717, 1.165) is 9.87 Å². The summed E-state index contributed by atoms with van der Waals surface area (Å²) in [7, 11) is -1.40. The Bertz CT molecular complexity index is 1750. The number of carbonyl (C=O) groups excluding carboxylic acids is 2. The number of benzene rings is 4. The number of hydrogen-bond acceptors (Lipinski definition) is 6. The quantitative estimate of drug-likeness (QED) is 0.199. The number of carbonyl (C=O) groups is 2. The molecule has 9 nitrogen and oxygen atoms in total. The van der Waals surface area contributed by atoms with Gasteiger partial charge in [0.15, 0.2) is 11.5 Å². The second-order valence-corrected chi connectivity index (χ2v) is 13.2. The summed E-state index contributed by atoms with van der Waals surface area (Å²) in [5, 5.41) is 5.97.